The summed E-state index contributed by atoms with van der Waals surface area (Å²) in [4.78, 5) is 0. The highest BCUT2D eigenvalue weighted by molar-refractivity contribution is 5.26. The molecule has 78 valence electrons. The van der Waals surface area contributed by atoms with Crippen molar-refractivity contribution in [1.29, 1.82) is 0 Å². The van der Waals surface area contributed by atoms with Gasteiger partial charge in [0, 0.05) is 0 Å². The molecule has 0 spiro atoms. The van der Waals surface area contributed by atoms with Crippen LogP contribution in [0.4, 0.5) is 0 Å². The van der Waals surface area contributed by atoms with Gasteiger partial charge >= 0.3 is 0 Å². The molecule has 0 aliphatic rings. The summed E-state index contributed by atoms with van der Waals surface area (Å²) in [5, 5.41) is 9.16. The van der Waals surface area contributed by atoms with Gasteiger partial charge in [-0.05, 0) is 36.0 Å². The first-order chi connectivity index (χ1) is 6.53. The van der Waals surface area contributed by atoms with E-state index in [9.17, 15) is 0 Å². The van der Waals surface area contributed by atoms with Gasteiger partial charge in [0.15, 0.2) is 0 Å². The zero-order valence-electron chi connectivity index (χ0n) is 9.38. The Morgan fingerprint density at radius 2 is 1.71 bits per heavy atom. The molecule has 14 heavy (non-hydrogen) atoms. The van der Waals surface area contributed by atoms with Gasteiger partial charge in [-0.15, -0.1) is 0 Å². The predicted molar refractivity (Wildman–Crippen MR) is 60.5 cm³/mol. The second-order valence-electron chi connectivity index (χ2n) is 4.76. The van der Waals surface area contributed by atoms with E-state index in [0.717, 1.165) is 6.42 Å². The summed E-state index contributed by atoms with van der Waals surface area (Å²) in [6.45, 7) is 6.81. The number of hydrogen-bond donors (Lipinski definition) is 1. The third-order valence-corrected chi connectivity index (χ3v) is 2.55. The minimum Gasteiger partial charge on any atom is -0.508 e. The predicted octanol–water partition coefficient (Wildman–Crippen LogP) is 3.76. The normalized spacial score (nSPS) is 11.6. The van der Waals surface area contributed by atoms with Gasteiger partial charge in [0.2, 0.25) is 0 Å². The lowest BCUT2D eigenvalue weighted by atomic mass is 9.82. The average Bonchev–Trinajstić information content (AvgIpc) is 2.08. The molecule has 1 aromatic carbocycles. The van der Waals surface area contributed by atoms with Crippen molar-refractivity contribution in [2.75, 3.05) is 0 Å². The molecule has 0 aliphatic carbocycles. The second kappa shape index (κ2) is 4.50. The van der Waals surface area contributed by atoms with Crippen molar-refractivity contribution >= 4 is 0 Å². The first kappa shape index (κ1) is 11.1. The summed E-state index contributed by atoms with van der Waals surface area (Å²) in [5.41, 5.74) is 1.67. The zero-order chi connectivity index (χ0) is 10.6. The van der Waals surface area contributed by atoms with Crippen molar-refractivity contribution in [2.45, 2.75) is 40.0 Å². The van der Waals surface area contributed by atoms with Gasteiger partial charge in [-0.1, -0.05) is 39.3 Å². The molecule has 0 saturated heterocycles. The smallest absolute Gasteiger partial charge is 0.115 e. The molecular weight excluding hydrogens is 172 g/mol. The van der Waals surface area contributed by atoms with Crippen LogP contribution < -0.4 is 0 Å². The summed E-state index contributed by atoms with van der Waals surface area (Å²) in [7, 11) is 0. The summed E-state index contributed by atoms with van der Waals surface area (Å²) < 4.78 is 0. The first-order valence-electron chi connectivity index (χ1n) is 5.31. The molecule has 0 unspecified atom stereocenters. The molecule has 0 aromatic heterocycles. The quantitative estimate of drug-likeness (QED) is 0.770. The summed E-state index contributed by atoms with van der Waals surface area (Å²) in [6.07, 6.45) is 3.56. The topological polar surface area (TPSA) is 20.2 Å². The molecule has 1 N–H and O–H groups in total. The maximum absolute atomic E-state index is 9.16. The van der Waals surface area contributed by atoms with E-state index < -0.39 is 0 Å². The van der Waals surface area contributed by atoms with Crippen molar-refractivity contribution in [2.24, 2.45) is 5.41 Å². The molecule has 0 saturated carbocycles. The van der Waals surface area contributed by atoms with Gasteiger partial charge in [0.25, 0.3) is 0 Å². The lowest BCUT2D eigenvalue weighted by molar-refractivity contribution is 0.329. The standard InChI is InChI=1S/C13H20O/c1-4-9-13(2,3)10-11-5-7-12(14)8-6-11/h5-8,14H,4,9-10H2,1-3H3. The fraction of sp³-hybridized carbons (Fsp3) is 0.538. The lowest BCUT2D eigenvalue weighted by Crippen LogP contribution is -2.14. The molecule has 0 atom stereocenters. The van der Waals surface area contributed by atoms with E-state index in [1.807, 2.05) is 12.1 Å². The maximum Gasteiger partial charge on any atom is 0.115 e. The Hall–Kier alpha value is -0.980. The van der Waals surface area contributed by atoms with Crippen molar-refractivity contribution < 1.29 is 5.11 Å². The molecule has 0 fully saturated rings. The Kier molecular flexibility index (Phi) is 3.56. The largest absolute Gasteiger partial charge is 0.508 e. The van der Waals surface area contributed by atoms with Crippen molar-refractivity contribution in [3.63, 3.8) is 0 Å². The van der Waals surface area contributed by atoms with Crippen molar-refractivity contribution in [3.8, 4) is 5.75 Å². The van der Waals surface area contributed by atoms with Crippen LogP contribution in [-0.2, 0) is 6.42 Å². The molecule has 0 amide bonds. The van der Waals surface area contributed by atoms with Gasteiger partial charge in [0.1, 0.15) is 5.75 Å². The molecule has 0 radical (unpaired) electrons. The highest BCUT2D eigenvalue weighted by Gasteiger charge is 2.16. The maximum atomic E-state index is 9.16. The fourth-order valence-electron chi connectivity index (χ4n) is 1.93. The monoisotopic (exact) mass is 192 g/mol. The molecule has 0 aliphatic heterocycles. The number of hydrogen-bond acceptors (Lipinski definition) is 1. The van der Waals surface area contributed by atoms with E-state index in [0.29, 0.717) is 11.2 Å². The van der Waals surface area contributed by atoms with E-state index in [-0.39, 0.29) is 0 Å². The fourth-order valence-corrected chi connectivity index (χ4v) is 1.93. The van der Waals surface area contributed by atoms with E-state index in [1.165, 1.54) is 18.4 Å². The van der Waals surface area contributed by atoms with Gasteiger partial charge < -0.3 is 5.11 Å². The Labute approximate surface area is 86.8 Å². The van der Waals surface area contributed by atoms with Crippen molar-refractivity contribution in [3.05, 3.63) is 29.8 Å². The van der Waals surface area contributed by atoms with Crippen LogP contribution in [-0.4, -0.2) is 5.11 Å². The second-order valence-corrected chi connectivity index (χ2v) is 4.76. The van der Waals surface area contributed by atoms with Gasteiger partial charge in [0.05, 0.1) is 0 Å². The van der Waals surface area contributed by atoms with E-state index in [2.05, 4.69) is 20.8 Å². The third kappa shape index (κ3) is 3.41. The van der Waals surface area contributed by atoms with Crippen molar-refractivity contribution in [1.82, 2.24) is 0 Å². The van der Waals surface area contributed by atoms with Crippen LogP contribution in [0, 0.1) is 5.41 Å². The summed E-state index contributed by atoms with van der Waals surface area (Å²) in [6, 6.07) is 7.54. The molecule has 1 rings (SSSR count). The van der Waals surface area contributed by atoms with Crippen LogP contribution >= 0.6 is 0 Å². The van der Waals surface area contributed by atoms with E-state index in [4.69, 9.17) is 5.11 Å². The minimum atomic E-state index is 0.349. The highest BCUT2D eigenvalue weighted by Crippen LogP contribution is 2.27. The van der Waals surface area contributed by atoms with Crippen LogP contribution in [0.1, 0.15) is 39.2 Å². The lowest BCUT2D eigenvalue weighted by Gasteiger charge is -2.23. The van der Waals surface area contributed by atoms with Crippen LogP contribution in [0.15, 0.2) is 24.3 Å². The van der Waals surface area contributed by atoms with Crippen LogP contribution in [0.25, 0.3) is 0 Å². The molecule has 1 heteroatoms. The van der Waals surface area contributed by atoms with Gasteiger partial charge in [-0.2, -0.15) is 0 Å². The number of phenolic OH excluding ortho intramolecular Hbond substituents is 1. The zero-order valence-corrected chi connectivity index (χ0v) is 9.38. The number of rotatable bonds is 4. The Morgan fingerprint density at radius 1 is 1.14 bits per heavy atom. The first-order valence-corrected chi connectivity index (χ1v) is 5.31. The Bertz CT molecular complexity index is 272. The van der Waals surface area contributed by atoms with Gasteiger partial charge in [-0.25, -0.2) is 0 Å². The molecular formula is C13H20O. The average molecular weight is 192 g/mol. The van der Waals surface area contributed by atoms with E-state index in [1.54, 1.807) is 12.1 Å². The Morgan fingerprint density at radius 3 is 2.21 bits per heavy atom. The number of benzene rings is 1. The van der Waals surface area contributed by atoms with Crippen LogP contribution in [0.2, 0.25) is 0 Å². The molecule has 1 nitrogen and oxygen atoms in total. The van der Waals surface area contributed by atoms with Crippen LogP contribution in [0.3, 0.4) is 0 Å². The minimum absolute atomic E-state index is 0.349. The molecule has 0 heterocycles. The number of aromatic hydroxyl groups is 1. The number of phenols is 1. The Balaban J connectivity index is 2.64. The van der Waals surface area contributed by atoms with Crippen LogP contribution in [0.5, 0.6) is 5.75 Å². The highest BCUT2D eigenvalue weighted by atomic mass is 16.3. The summed E-state index contributed by atoms with van der Waals surface area (Å²) in [5.74, 6) is 0.349. The van der Waals surface area contributed by atoms with E-state index >= 15 is 0 Å². The summed E-state index contributed by atoms with van der Waals surface area (Å²) >= 11 is 0. The van der Waals surface area contributed by atoms with Gasteiger partial charge in [-0.3, -0.25) is 0 Å². The molecule has 0 bridgehead atoms. The third-order valence-electron chi connectivity index (χ3n) is 2.55. The molecule has 1 aromatic rings. The SMILES string of the molecule is CCCC(C)(C)Cc1ccc(O)cc1.